The summed E-state index contributed by atoms with van der Waals surface area (Å²) in [5.41, 5.74) is 0. The van der Waals surface area contributed by atoms with Gasteiger partial charge in [-0.05, 0) is 12.8 Å². The lowest BCUT2D eigenvalue weighted by molar-refractivity contribution is -0.152. The van der Waals surface area contributed by atoms with Crippen molar-refractivity contribution in [1.82, 2.24) is 0 Å². The smallest absolute Gasteiger partial charge is 0.330 e. The van der Waals surface area contributed by atoms with Crippen LogP contribution in [0.5, 0.6) is 0 Å². The molecule has 0 aromatic heterocycles. The topological polar surface area (TPSA) is 52.6 Å². The van der Waals surface area contributed by atoms with Gasteiger partial charge in [0.15, 0.2) is 0 Å². The van der Waals surface area contributed by atoms with Crippen LogP contribution in [0.4, 0.5) is 0 Å². The van der Waals surface area contributed by atoms with E-state index >= 15 is 0 Å². The fourth-order valence-corrected chi connectivity index (χ4v) is 6.33. The van der Waals surface area contributed by atoms with Crippen LogP contribution in [-0.4, -0.2) is 24.1 Å². The maximum absolute atomic E-state index is 11.5. The Balaban J connectivity index is 1.77. The monoisotopic (exact) mass is 591 g/mol. The normalized spacial score (nSPS) is 15.6. The molecule has 246 valence electrons. The zero-order valence-electron chi connectivity index (χ0n) is 28.2. The highest BCUT2D eigenvalue weighted by Crippen LogP contribution is 2.20. The first-order valence-corrected chi connectivity index (χ1v) is 18.7. The summed E-state index contributed by atoms with van der Waals surface area (Å²) in [6, 6.07) is 0. The fraction of sp³-hybridized carbons (Fsp3) is 0.895. The molecule has 0 saturated carbocycles. The summed E-state index contributed by atoms with van der Waals surface area (Å²) in [6.07, 6.45) is 43.0. The van der Waals surface area contributed by atoms with E-state index < -0.39 is 0 Å². The Labute approximate surface area is 261 Å². The molecule has 0 bridgehead atoms. The molecule has 0 saturated heterocycles. The Morgan fingerprint density at radius 3 is 1.36 bits per heavy atom. The van der Waals surface area contributed by atoms with Crippen molar-refractivity contribution in [2.75, 3.05) is 0 Å². The van der Waals surface area contributed by atoms with Crippen LogP contribution in [0, 0.1) is 0 Å². The van der Waals surface area contributed by atoms with E-state index in [-0.39, 0.29) is 24.1 Å². The minimum absolute atomic E-state index is 0.147. The second-order valence-electron chi connectivity index (χ2n) is 13.1. The average molecular weight is 591 g/mol. The minimum atomic E-state index is -0.289. The third-order valence-corrected chi connectivity index (χ3v) is 8.92. The van der Waals surface area contributed by atoms with Gasteiger partial charge in [-0.15, -0.1) is 0 Å². The Kier molecular flexibility index (Phi) is 27.4. The van der Waals surface area contributed by atoms with E-state index in [1.807, 2.05) is 6.08 Å². The van der Waals surface area contributed by atoms with E-state index in [9.17, 15) is 9.59 Å². The highest BCUT2D eigenvalue weighted by Gasteiger charge is 2.22. The highest BCUT2D eigenvalue weighted by molar-refractivity contribution is 5.82. The molecule has 2 atom stereocenters. The van der Waals surface area contributed by atoms with Crippen molar-refractivity contribution in [3.63, 3.8) is 0 Å². The second-order valence-corrected chi connectivity index (χ2v) is 13.1. The molecule has 0 aromatic rings. The Morgan fingerprint density at radius 1 is 0.667 bits per heavy atom. The summed E-state index contributed by atoms with van der Waals surface area (Å²) < 4.78 is 10.8. The van der Waals surface area contributed by atoms with E-state index in [0.29, 0.717) is 12.8 Å². The maximum Gasteiger partial charge on any atom is 0.330 e. The van der Waals surface area contributed by atoms with Gasteiger partial charge < -0.3 is 9.47 Å². The van der Waals surface area contributed by atoms with Gasteiger partial charge in [0.1, 0.15) is 12.2 Å². The lowest BCUT2D eigenvalue weighted by Gasteiger charge is -2.24. The number of cyclic esters (lactones) is 1. The molecule has 1 rings (SSSR count). The van der Waals surface area contributed by atoms with Gasteiger partial charge in [-0.25, -0.2) is 4.79 Å². The summed E-state index contributed by atoms with van der Waals surface area (Å²) in [5, 5.41) is 0. The molecule has 0 N–H and O–H groups in total. The third kappa shape index (κ3) is 26.3. The van der Waals surface area contributed by atoms with Crippen LogP contribution >= 0.6 is 0 Å². The van der Waals surface area contributed by atoms with Crippen molar-refractivity contribution in [3.8, 4) is 0 Å². The molecule has 4 heteroatoms. The number of hydrogen-bond acceptors (Lipinski definition) is 4. The summed E-state index contributed by atoms with van der Waals surface area (Å²) in [7, 11) is 0. The molecule has 0 fully saturated rings. The van der Waals surface area contributed by atoms with Crippen LogP contribution in [0.15, 0.2) is 12.2 Å². The molecule has 0 amide bonds. The van der Waals surface area contributed by atoms with E-state index in [0.717, 1.165) is 12.8 Å². The van der Waals surface area contributed by atoms with Crippen molar-refractivity contribution >= 4 is 11.9 Å². The van der Waals surface area contributed by atoms with Gasteiger partial charge in [-0.2, -0.15) is 0 Å². The van der Waals surface area contributed by atoms with Crippen LogP contribution in [0.2, 0.25) is 0 Å². The van der Waals surface area contributed by atoms with Gasteiger partial charge >= 0.3 is 11.9 Å². The van der Waals surface area contributed by atoms with E-state index in [1.165, 1.54) is 180 Å². The SMILES string of the molecule is CCCCCCCCCCCCCCCCCCCCCCCCCCCCC[C@H](C[C@@H]1CC=CC(=O)O1)OC(C)=O. The number of carbonyl (C=O) groups is 2. The zero-order chi connectivity index (χ0) is 30.4. The first-order chi connectivity index (χ1) is 20.6. The van der Waals surface area contributed by atoms with Crippen LogP contribution in [-0.2, 0) is 19.1 Å². The number of ether oxygens (including phenoxy) is 2. The molecular weight excluding hydrogens is 520 g/mol. The predicted molar refractivity (Wildman–Crippen MR) is 179 cm³/mol. The molecule has 0 radical (unpaired) electrons. The largest absolute Gasteiger partial charge is 0.462 e. The lowest BCUT2D eigenvalue weighted by Crippen LogP contribution is -2.27. The molecule has 1 aliphatic heterocycles. The standard InChI is InChI=1S/C38H70O4/c1-3-4-5-6-7-8-9-10-11-12-13-14-15-16-17-18-19-20-21-22-23-24-25-26-27-28-29-31-36(41-35(2)39)34-37-32-30-33-38(40)42-37/h30,33,36-37H,3-29,31-32,34H2,1-2H3/t36-,37+/m1/s1. The van der Waals surface area contributed by atoms with Gasteiger partial charge in [0.2, 0.25) is 0 Å². The zero-order valence-corrected chi connectivity index (χ0v) is 28.2. The van der Waals surface area contributed by atoms with E-state index in [4.69, 9.17) is 9.47 Å². The van der Waals surface area contributed by atoms with Gasteiger partial charge in [-0.3, -0.25) is 4.79 Å². The van der Waals surface area contributed by atoms with Gasteiger partial charge in [0, 0.05) is 25.8 Å². The lowest BCUT2D eigenvalue weighted by atomic mass is 10.0. The molecule has 0 aliphatic carbocycles. The summed E-state index contributed by atoms with van der Waals surface area (Å²) >= 11 is 0. The Morgan fingerprint density at radius 2 is 1.02 bits per heavy atom. The quantitative estimate of drug-likeness (QED) is 0.0595. The Bertz CT molecular complexity index is 643. The van der Waals surface area contributed by atoms with Crippen LogP contribution in [0.3, 0.4) is 0 Å². The Hall–Kier alpha value is -1.32. The molecule has 1 aliphatic rings. The molecule has 0 unspecified atom stereocenters. The summed E-state index contributed by atoms with van der Waals surface area (Å²) in [4.78, 5) is 22.9. The average Bonchev–Trinajstić information content (AvgIpc) is 2.96. The number of esters is 2. The number of hydrogen-bond donors (Lipinski definition) is 0. The molecule has 4 nitrogen and oxygen atoms in total. The van der Waals surface area contributed by atoms with Crippen molar-refractivity contribution in [3.05, 3.63) is 12.2 Å². The van der Waals surface area contributed by atoms with Crippen molar-refractivity contribution in [1.29, 1.82) is 0 Å². The van der Waals surface area contributed by atoms with Crippen LogP contribution in [0.1, 0.15) is 206 Å². The second kappa shape index (κ2) is 29.7. The molecule has 0 spiro atoms. The molecular formula is C38H70O4. The van der Waals surface area contributed by atoms with Gasteiger partial charge in [0.25, 0.3) is 0 Å². The molecule has 1 heterocycles. The number of unbranched alkanes of at least 4 members (excludes halogenated alkanes) is 26. The first-order valence-electron chi connectivity index (χ1n) is 18.7. The summed E-state index contributed by atoms with van der Waals surface area (Å²) in [6.45, 7) is 3.76. The number of rotatable bonds is 31. The van der Waals surface area contributed by atoms with Crippen molar-refractivity contribution in [2.45, 2.75) is 219 Å². The minimum Gasteiger partial charge on any atom is -0.462 e. The van der Waals surface area contributed by atoms with Crippen molar-refractivity contribution in [2.24, 2.45) is 0 Å². The van der Waals surface area contributed by atoms with Gasteiger partial charge in [0.05, 0.1) is 0 Å². The first kappa shape index (κ1) is 38.7. The van der Waals surface area contributed by atoms with Crippen molar-refractivity contribution < 1.29 is 19.1 Å². The molecule has 42 heavy (non-hydrogen) atoms. The number of carbonyl (C=O) groups excluding carboxylic acids is 2. The van der Waals surface area contributed by atoms with Crippen LogP contribution < -0.4 is 0 Å². The predicted octanol–water partition coefficient (Wildman–Crippen LogP) is 12.1. The van der Waals surface area contributed by atoms with E-state index in [2.05, 4.69) is 6.92 Å². The molecule has 0 aromatic carbocycles. The van der Waals surface area contributed by atoms with Crippen LogP contribution in [0.25, 0.3) is 0 Å². The summed E-state index contributed by atoms with van der Waals surface area (Å²) in [5.74, 6) is -0.536. The fourth-order valence-electron chi connectivity index (χ4n) is 6.33. The maximum atomic E-state index is 11.5. The van der Waals surface area contributed by atoms with Gasteiger partial charge in [-0.1, -0.05) is 180 Å². The van der Waals surface area contributed by atoms with E-state index in [1.54, 1.807) is 0 Å². The third-order valence-electron chi connectivity index (χ3n) is 8.92. The highest BCUT2D eigenvalue weighted by atomic mass is 16.6.